The fourth-order valence-electron chi connectivity index (χ4n) is 1.05. The molecule has 0 saturated carbocycles. The van der Waals surface area contributed by atoms with Gasteiger partial charge in [-0.05, 0) is 6.07 Å². The van der Waals surface area contributed by atoms with E-state index in [-0.39, 0.29) is 0 Å². The number of benzene rings is 1. The smallest absolute Gasteiger partial charge is 0.258 e. The van der Waals surface area contributed by atoms with Gasteiger partial charge in [0.2, 0.25) is 0 Å². The summed E-state index contributed by atoms with van der Waals surface area (Å²) in [6.07, 6.45) is -3.13. The van der Waals surface area contributed by atoms with Crippen molar-refractivity contribution in [3.63, 3.8) is 0 Å². The highest BCUT2D eigenvalue weighted by Gasteiger charge is 2.24. The molecule has 15 heavy (non-hydrogen) atoms. The fraction of sp³-hybridized carbons (Fsp3) is 0.125. The monoisotopic (exact) mass is 216 g/mol. The second-order valence-electron chi connectivity index (χ2n) is 2.56. The zero-order valence-electron chi connectivity index (χ0n) is 7.08. The number of nitriles is 1. The molecule has 0 heterocycles. The molecule has 78 valence electrons. The molecule has 0 aliphatic heterocycles. The Kier molecular flexibility index (Phi) is 2.90. The molecule has 0 spiro atoms. The molecule has 0 fully saturated rings. The molecule has 0 atom stereocenters. The highest BCUT2D eigenvalue weighted by molar-refractivity contribution is 5.54. The minimum atomic E-state index is -3.13. The minimum absolute atomic E-state index is 0.413. The lowest BCUT2D eigenvalue weighted by Gasteiger charge is -2.03. The molecule has 0 radical (unpaired) electrons. The molecule has 0 N–H and O–H groups in total. The number of halogens is 3. The highest BCUT2D eigenvalue weighted by atomic mass is 19.3. The lowest BCUT2D eigenvalue weighted by atomic mass is 10.1. The number of hydrogen-bond donors (Lipinski definition) is 0. The van der Waals surface area contributed by atoms with E-state index in [1.54, 1.807) is 0 Å². The molecule has 1 rings (SSSR count). The van der Waals surface area contributed by atoms with Crippen molar-refractivity contribution < 1.29 is 18.1 Å². The second kappa shape index (κ2) is 3.96. The third kappa shape index (κ3) is 2.04. The first-order valence-corrected chi connectivity index (χ1v) is 3.63. The average Bonchev–Trinajstić information content (AvgIpc) is 2.16. The van der Waals surface area contributed by atoms with E-state index >= 15 is 0 Å². The van der Waals surface area contributed by atoms with Crippen molar-refractivity contribution in [2.45, 2.75) is 6.43 Å². The van der Waals surface area contributed by atoms with Crippen LogP contribution in [0.5, 0.6) is 0 Å². The van der Waals surface area contributed by atoms with Crippen LogP contribution in [0.1, 0.15) is 17.6 Å². The molecule has 1 aromatic rings. The Hall–Kier alpha value is -2.10. The predicted octanol–water partition coefficient (Wildman–Crippen LogP) is 2.54. The third-order valence-corrected chi connectivity index (χ3v) is 1.66. The summed E-state index contributed by atoms with van der Waals surface area (Å²) in [7, 11) is 0. The molecule has 7 heteroatoms. The van der Waals surface area contributed by atoms with Crippen molar-refractivity contribution in [1.29, 1.82) is 5.26 Å². The number of nitrogens with zero attached hydrogens (tertiary/aromatic N) is 2. The van der Waals surface area contributed by atoms with E-state index in [9.17, 15) is 23.3 Å². The van der Waals surface area contributed by atoms with E-state index in [0.29, 0.717) is 12.1 Å². The zero-order valence-corrected chi connectivity index (χ0v) is 7.08. The summed E-state index contributed by atoms with van der Waals surface area (Å²) < 4.78 is 37.3. The van der Waals surface area contributed by atoms with Gasteiger partial charge < -0.3 is 0 Å². The van der Waals surface area contributed by atoms with Gasteiger partial charge in [-0.1, -0.05) is 0 Å². The molecule has 0 aliphatic rings. The molecule has 0 bridgehead atoms. The SMILES string of the molecule is N#Cc1c(C(F)F)cc(F)cc1[N+](=O)[O-]. The van der Waals surface area contributed by atoms with Gasteiger partial charge in [-0.15, -0.1) is 0 Å². The van der Waals surface area contributed by atoms with Gasteiger partial charge in [0.05, 0.1) is 11.0 Å². The summed E-state index contributed by atoms with van der Waals surface area (Å²) in [5, 5.41) is 18.8. The number of nitro groups is 1. The third-order valence-electron chi connectivity index (χ3n) is 1.66. The lowest BCUT2D eigenvalue weighted by molar-refractivity contribution is -0.385. The fourth-order valence-corrected chi connectivity index (χ4v) is 1.05. The Bertz CT molecular complexity index is 454. The molecule has 4 nitrogen and oxygen atoms in total. The maximum Gasteiger partial charge on any atom is 0.290 e. The number of nitro benzene ring substituents is 1. The number of alkyl halides is 2. The topological polar surface area (TPSA) is 66.9 Å². The van der Waals surface area contributed by atoms with Crippen molar-refractivity contribution in [3.8, 4) is 6.07 Å². The van der Waals surface area contributed by atoms with E-state index in [2.05, 4.69) is 0 Å². The van der Waals surface area contributed by atoms with Crippen molar-refractivity contribution >= 4 is 5.69 Å². The summed E-state index contributed by atoms with van der Waals surface area (Å²) >= 11 is 0. The molecule has 0 unspecified atom stereocenters. The van der Waals surface area contributed by atoms with Crippen LogP contribution < -0.4 is 0 Å². The Morgan fingerprint density at radius 3 is 2.47 bits per heavy atom. The van der Waals surface area contributed by atoms with Gasteiger partial charge in [-0.3, -0.25) is 10.1 Å². The lowest BCUT2D eigenvalue weighted by Crippen LogP contribution is -1.99. The van der Waals surface area contributed by atoms with E-state index < -0.39 is 34.0 Å². The Balaban J connectivity index is 3.54. The summed E-state index contributed by atoms with van der Waals surface area (Å²) in [4.78, 5) is 9.27. The molecular weight excluding hydrogens is 213 g/mol. The maximum atomic E-state index is 12.7. The van der Waals surface area contributed by atoms with Crippen LogP contribution in [0.4, 0.5) is 18.9 Å². The van der Waals surface area contributed by atoms with E-state index in [4.69, 9.17) is 5.26 Å². The van der Waals surface area contributed by atoms with Crippen molar-refractivity contribution in [1.82, 2.24) is 0 Å². The average molecular weight is 216 g/mol. The van der Waals surface area contributed by atoms with E-state index in [0.717, 1.165) is 0 Å². The number of rotatable bonds is 2. The maximum absolute atomic E-state index is 12.7. The van der Waals surface area contributed by atoms with Gasteiger partial charge in [0, 0.05) is 5.56 Å². The van der Waals surface area contributed by atoms with Crippen LogP contribution in [0.15, 0.2) is 12.1 Å². The summed E-state index contributed by atoms with van der Waals surface area (Å²) in [5.74, 6) is -1.17. The van der Waals surface area contributed by atoms with Gasteiger partial charge in [-0.25, -0.2) is 13.2 Å². The summed E-state index contributed by atoms with van der Waals surface area (Å²) in [6, 6.07) is 2.11. The van der Waals surface area contributed by atoms with Crippen LogP contribution in [-0.4, -0.2) is 4.92 Å². The Morgan fingerprint density at radius 2 is 2.07 bits per heavy atom. The van der Waals surface area contributed by atoms with Crippen LogP contribution in [0.25, 0.3) is 0 Å². The van der Waals surface area contributed by atoms with Crippen LogP contribution >= 0.6 is 0 Å². The summed E-state index contributed by atoms with van der Waals surface area (Å²) in [6.45, 7) is 0. The number of hydrogen-bond acceptors (Lipinski definition) is 3. The first kappa shape index (κ1) is 11.0. The van der Waals surface area contributed by atoms with Gasteiger partial charge in [-0.2, -0.15) is 5.26 Å². The van der Waals surface area contributed by atoms with Crippen LogP contribution in [0.2, 0.25) is 0 Å². The minimum Gasteiger partial charge on any atom is -0.258 e. The van der Waals surface area contributed by atoms with Crippen molar-refractivity contribution in [3.05, 3.63) is 39.2 Å². The first-order chi connectivity index (χ1) is 6.97. The van der Waals surface area contributed by atoms with Gasteiger partial charge >= 0.3 is 0 Å². The quantitative estimate of drug-likeness (QED) is 0.563. The molecule has 0 aliphatic carbocycles. The van der Waals surface area contributed by atoms with Gasteiger partial charge in [0.1, 0.15) is 17.4 Å². The van der Waals surface area contributed by atoms with Gasteiger partial charge in [0.25, 0.3) is 12.1 Å². The normalized spacial score (nSPS) is 10.1. The van der Waals surface area contributed by atoms with Crippen LogP contribution in [0.3, 0.4) is 0 Å². The highest BCUT2D eigenvalue weighted by Crippen LogP contribution is 2.30. The molecule has 0 saturated heterocycles. The molecule has 1 aromatic carbocycles. The molecule has 0 amide bonds. The van der Waals surface area contributed by atoms with E-state index in [1.165, 1.54) is 6.07 Å². The first-order valence-electron chi connectivity index (χ1n) is 3.63. The van der Waals surface area contributed by atoms with Crippen LogP contribution in [-0.2, 0) is 0 Å². The second-order valence-corrected chi connectivity index (χ2v) is 2.56. The molecule has 0 aromatic heterocycles. The van der Waals surface area contributed by atoms with Gasteiger partial charge in [0.15, 0.2) is 0 Å². The Labute approximate surface area is 81.7 Å². The van der Waals surface area contributed by atoms with Crippen molar-refractivity contribution in [2.75, 3.05) is 0 Å². The van der Waals surface area contributed by atoms with E-state index in [1.807, 2.05) is 0 Å². The summed E-state index contributed by atoms with van der Waals surface area (Å²) in [5.41, 5.74) is -2.73. The predicted molar refractivity (Wildman–Crippen MR) is 42.7 cm³/mol. The standard InChI is InChI=1S/C8H3F3N2O2/c9-4-1-5(8(10)11)6(3-12)7(2-4)13(14)15/h1-2,8H. The zero-order chi connectivity index (χ0) is 11.6. The largest absolute Gasteiger partial charge is 0.290 e. The van der Waals surface area contributed by atoms with Crippen LogP contribution in [0, 0.1) is 27.3 Å². The molecular formula is C8H3F3N2O2. The van der Waals surface area contributed by atoms with Crippen molar-refractivity contribution in [2.24, 2.45) is 0 Å². The Morgan fingerprint density at radius 1 is 1.47 bits per heavy atom.